The van der Waals surface area contributed by atoms with Crippen LogP contribution < -0.4 is 0 Å². The van der Waals surface area contributed by atoms with Gasteiger partial charge in [0, 0.05) is 0 Å². The molecule has 0 atom stereocenters. The summed E-state index contributed by atoms with van der Waals surface area (Å²) >= 11 is 0. The summed E-state index contributed by atoms with van der Waals surface area (Å²) < 4.78 is 0. The van der Waals surface area contributed by atoms with Crippen molar-refractivity contribution in [3.63, 3.8) is 0 Å². The highest BCUT2D eigenvalue weighted by molar-refractivity contribution is 5.04. The molecule has 0 aliphatic carbocycles. The number of allylic oxidation sites excluding steroid dienone is 4. The van der Waals surface area contributed by atoms with Crippen LogP contribution >= 0.6 is 0 Å². The third-order valence-corrected chi connectivity index (χ3v) is 2.31. The van der Waals surface area contributed by atoms with Crippen molar-refractivity contribution in [1.29, 1.82) is 0 Å². The molecule has 0 aromatic carbocycles. The molecule has 0 saturated heterocycles. The number of aliphatic hydroxyl groups is 1. The molecule has 0 saturated carbocycles. The number of hydrogen-bond acceptors (Lipinski definition) is 1. The van der Waals surface area contributed by atoms with Crippen LogP contribution in [-0.2, 0) is 0 Å². The van der Waals surface area contributed by atoms with E-state index in [9.17, 15) is 0 Å². The third kappa shape index (κ3) is 9.48. The number of rotatable bonds is 7. The maximum atomic E-state index is 8.77. The second kappa shape index (κ2) is 8.49. The lowest BCUT2D eigenvalue weighted by Crippen LogP contribution is -1.87. The Morgan fingerprint density at radius 2 is 1.67 bits per heavy atom. The quantitative estimate of drug-likeness (QED) is 0.627. The van der Waals surface area contributed by atoms with Crippen molar-refractivity contribution in [3.8, 4) is 0 Å². The van der Waals surface area contributed by atoms with Gasteiger partial charge in [-0.05, 0) is 46.5 Å². The average molecular weight is 208 g/mol. The van der Waals surface area contributed by atoms with Crippen LogP contribution in [0, 0.1) is 0 Å². The summed E-state index contributed by atoms with van der Waals surface area (Å²) in [5, 5.41) is 8.77. The molecule has 86 valence electrons. The molecule has 0 rings (SSSR count). The van der Waals surface area contributed by atoms with Crippen LogP contribution in [0.3, 0.4) is 0 Å². The highest BCUT2D eigenvalue weighted by atomic mass is 16.3. The van der Waals surface area contributed by atoms with Crippen molar-refractivity contribution < 1.29 is 5.11 Å². The van der Waals surface area contributed by atoms with Crippen LogP contribution in [-0.4, -0.2) is 11.7 Å². The predicted molar refractivity (Wildman–Crippen MR) is 67.9 cm³/mol. The standard InChI is InChI=1S/C14H24O/c1-12(2)7-5-8-13(3)9-6-10-14(4)11-15/h7,9,15H,4-6,8,10-11H2,1-3H3/b13-9+. The summed E-state index contributed by atoms with van der Waals surface area (Å²) in [6.07, 6.45) is 8.68. The average Bonchev–Trinajstić information content (AvgIpc) is 2.17. The number of hydrogen-bond donors (Lipinski definition) is 1. The summed E-state index contributed by atoms with van der Waals surface area (Å²) in [5.74, 6) is 0. The van der Waals surface area contributed by atoms with Crippen LogP contribution in [0.2, 0.25) is 0 Å². The van der Waals surface area contributed by atoms with Crippen molar-refractivity contribution in [2.75, 3.05) is 6.61 Å². The van der Waals surface area contributed by atoms with E-state index in [0.717, 1.165) is 31.3 Å². The molecule has 1 N–H and O–H groups in total. The van der Waals surface area contributed by atoms with Gasteiger partial charge in [0.2, 0.25) is 0 Å². The Morgan fingerprint density at radius 1 is 1.07 bits per heavy atom. The topological polar surface area (TPSA) is 20.2 Å². The van der Waals surface area contributed by atoms with Gasteiger partial charge in [-0.15, -0.1) is 0 Å². The molecule has 0 spiro atoms. The zero-order valence-electron chi connectivity index (χ0n) is 10.3. The number of aliphatic hydroxyl groups excluding tert-OH is 1. The first-order valence-electron chi connectivity index (χ1n) is 5.62. The Morgan fingerprint density at radius 3 is 2.20 bits per heavy atom. The Labute approximate surface area is 94.2 Å². The summed E-state index contributed by atoms with van der Waals surface area (Å²) in [4.78, 5) is 0. The van der Waals surface area contributed by atoms with E-state index in [-0.39, 0.29) is 6.61 Å². The van der Waals surface area contributed by atoms with E-state index in [0.29, 0.717) is 0 Å². The largest absolute Gasteiger partial charge is 0.392 e. The third-order valence-electron chi connectivity index (χ3n) is 2.31. The van der Waals surface area contributed by atoms with Crippen molar-refractivity contribution in [2.24, 2.45) is 0 Å². The summed E-state index contributed by atoms with van der Waals surface area (Å²) in [6.45, 7) is 10.3. The summed E-state index contributed by atoms with van der Waals surface area (Å²) in [5.41, 5.74) is 3.73. The van der Waals surface area contributed by atoms with Gasteiger partial charge in [0.1, 0.15) is 0 Å². The van der Waals surface area contributed by atoms with Gasteiger partial charge < -0.3 is 5.11 Å². The highest BCUT2D eigenvalue weighted by Crippen LogP contribution is 2.10. The van der Waals surface area contributed by atoms with E-state index in [1.54, 1.807) is 0 Å². The fraction of sp³-hybridized carbons (Fsp3) is 0.571. The first-order chi connectivity index (χ1) is 7.06. The van der Waals surface area contributed by atoms with Crippen molar-refractivity contribution in [3.05, 3.63) is 35.5 Å². The first-order valence-corrected chi connectivity index (χ1v) is 5.62. The highest BCUT2D eigenvalue weighted by Gasteiger charge is 1.92. The second-order valence-corrected chi connectivity index (χ2v) is 4.32. The smallest absolute Gasteiger partial charge is 0.0639 e. The van der Waals surface area contributed by atoms with Gasteiger partial charge in [0.05, 0.1) is 6.61 Å². The SMILES string of the molecule is C=C(CO)CC/C=C(\C)CCC=C(C)C. The van der Waals surface area contributed by atoms with Crippen LogP contribution in [0.4, 0.5) is 0 Å². The van der Waals surface area contributed by atoms with Crippen LogP contribution in [0.15, 0.2) is 35.5 Å². The molecule has 15 heavy (non-hydrogen) atoms. The van der Waals surface area contributed by atoms with Gasteiger partial charge in [-0.1, -0.05) is 35.5 Å². The molecule has 0 aromatic heterocycles. The molecule has 0 fully saturated rings. The molecule has 0 amide bonds. The molecule has 0 heterocycles. The van der Waals surface area contributed by atoms with Crippen molar-refractivity contribution >= 4 is 0 Å². The molecule has 0 aliphatic rings. The monoisotopic (exact) mass is 208 g/mol. The van der Waals surface area contributed by atoms with Gasteiger partial charge >= 0.3 is 0 Å². The molecule has 0 radical (unpaired) electrons. The Kier molecular flexibility index (Phi) is 8.02. The van der Waals surface area contributed by atoms with Gasteiger partial charge in [0.15, 0.2) is 0 Å². The van der Waals surface area contributed by atoms with Gasteiger partial charge in [-0.2, -0.15) is 0 Å². The van der Waals surface area contributed by atoms with Crippen molar-refractivity contribution in [2.45, 2.75) is 46.5 Å². The van der Waals surface area contributed by atoms with Crippen LogP contribution in [0.25, 0.3) is 0 Å². The molecule has 1 nitrogen and oxygen atoms in total. The maximum absolute atomic E-state index is 8.77. The predicted octanol–water partition coefficient (Wildman–Crippen LogP) is 4.01. The fourth-order valence-electron chi connectivity index (χ4n) is 1.29. The zero-order chi connectivity index (χ0) is 11.7. The molecule has 1 heteroatoms. The van der Waals surface area contributed by atoms with E-state index in [2.05, 4.69) is 39.5 Å². The van der Waals surface area contributed by atoms with E-state index in [4.69, 9.17) is 5.11 Å². The molecule has 0 bridgehead atoms. The lowest BCUT2D eigenvalue weighted by Gasteiger charge is -2.01. The van der Waals surface area contributed by atoms with E-state index in [1.165, 1.54) is 11.1 Å². The van der Waals surface area contributed by atoms with E-state index in [1.807, 2.05) is 0 Å². The minimum absolute atomic E-state index is 0.116. The molecule has 0 aliphatic heterocycles. The van der Waals surface area contributed by atoms with Gasteiger partial charge in [-0.25, -0.2) is 0 Å². The minimum atomic E-state index is 0.116. The normalized spacial score (nSPS) is 11.3. The second-order valence-electron chi connectivity index (χ2n) is 4.32. The lowest BCUT2D eigenvalue weighted by atomic mass is 10.1. The van der Waals surface area contributed by atoms with Crippen molar-refractivity contribution in [1.82, 2.24) is 0 Å². The van der Waals surface area contributed by atoms with Crippen LogP contribution in [0.1, 0.15) is 46.5 Å². The molecule has 0 unspecified atom stereocenters. The zero-order valence-corrected chi connectivity index (χ0v) is 10.3. The van der Waals surface area contributed by atoms with Crippen LogP contribution in [0.5, 0.6) is 0 Å². The van der Waals surface area contributed by atoms with E-state index >= 15 is 0 Å². The Bertz CT molecular complexity index is 242. The maximum Gasteiger partial charge on any atom is 0.0639 e. The molecule has 0 aromatic rings. The lowest BCUT2D eigenvalue weighted by molar-refractivity contribution is 0.327. The Balaban J connectivity index is 3.70. The minimum Gasteiger partial charge on any atom is -0.392 e. The fourth-order valence-corrected chi connectivity index (χ4v) is 1.29. The van der Waals surface area contributed by atoms with Gasteiger partial charge in [-0.3, -0.25) is 0 Å². The van der Waals surface area contributed by atoms with E-state index < -0.39 is 0 Å². The van der Waals surface area contributed by atoms with Gasteiger partial charge in [0.25, 0.3) is 0 Å². The summed E-state index contributed by atoms with van der Waals surface area (Å²) in [7, 11) is 0. The molecular formula is C14H24O. The Hall–Kier alpha value is -0.820. The molecular weight excluding hydrogens is 184 g/mol. The first kappa shape index (κ1) is 14.2. The summed E-state index contributed by atoms with van der Waals surface area (Å²) in [6, 6.07) is 0.